The number of nitrogens with zero attached hydrogens (tertiary/aromatic N) is 1. The third-order valence-electron chi connectivity index (χ3n) is 2.77. The van der Waals surface area contributed by atoms with E-state index in [0.29, 0.717) is 10.7 Å². The van der Waals surface area contributed by atoms with Gasteiger partial charge < -0.3 is 11.1 Å². The van der Waals surface area contributed by atoms with Crippen LogP contribution in [0.5, 0.6) is 0 Å². The Labute approximate surface area is 104 Å². The molecule has 1 amide bonds. The Bertz CT molecular complexity index is 347. The third-order valence-corrected chi connectivity index (χ3v) is 3.72. The minimum Gasteiger partial charge on any atom is -0.387 e. The number of piperidine rings is 1. The lowest BCUT2D eigenvalue weighted by Gasteiger charge is -2.22. The number of halogens is 1. The highest BCUT2D eigenvalue weighted by atomic mass is 79.9. The molecule has 2 fully saturated rings. The van der Waals surface area contributed by atoms with Gasteiger partial charge in [-0.3, -0.25) is 4.79 Å². The summed E-state index contributed by atoms with van der Waals surface area (Å²) in [5.41, 5.74) is 6.75. The fourth-order valence-corrected chi connectivity index (χ4v) is 2.28. The first-order valence-electron chi connectivity index (χ1n) is 5.64. The number of aliphatic imine (C=N–C) groups is 1. The maximum absolute atomic E-state index is 11.4. The van der Waals surface area contributed by atoms with E-state index in [1.165, 1.54) is 0 Å². The molecule has 1 atom stereocenters. The number of carbonyl (C=O) groups is 1. The first-order valence-corrected chi connectivity index (χ1v) is 6.56. The van der Waals surface area contributed by atoms with Crippen LogP contribution in [0, 0.1) is 5.92 Å². The van der Waals surface area contributed by atoms with Crippen molar-refractivity contribution in [1.29, 1.82) is 0 Å². The predicted molar refractivity (Wildman–Crippen MR) is 67.4 cm³/mol. The smallest absolute Gasteiger partial charge is 0.250 e. The van der Waals surface area contributed by atoms with Crippen molar-refractivity contribution in [1.82, 2.24) is 5.32 Å². The Balaban J connectivity index is 2.00. The Morgan fingerprint density at radius 3 is 2.88 bits per heavy atom. The van der Waals surface area contributed by atoms with Crippen LogP contribution in [0.2, 0.25) is 0 Å². The van der Waals surface area contributed by atoms with Crippen LogP contribution in [0.1, 0.15) is 25.7 Å². The summed E-state index contributed by atoms with van der Waals surface area (Å²) in [7, 11) is 0. The highest BCUT2D eigenvalue weighted by Crippen LogP contribution is 2.30. The Morgan fingerprint density at radius 2 is 2.25 bits per heavy atom. The fraction of sp³-hybridized carbons (Fsp3) is 0.636. The van der Waals surface area contributed by atoms with Gasteiger partial charge in [0, 0.05) is 24.2 Å². The Kier molecular flexibility index (Phi) is 3.63. The van der Waals surface area contributed by atoms with E-state index < -0.39 is 0 Å². The Morgan fingerprint density at radius 1 is 1.50 bits per heavy atom. The lowest BCUT2D eigenvalue weighted by molar-refractivity contribution is -0.118. The fourth-order valence-electron chi connectivity index (χ4n) is 1.66. The Hall–Kier alpha value is -0.840. The molecule has 1 saturated carbocycles. The SMILES string of the molecule is NC(/C=C1\NCCCC1Br)=NC(=O)C1CC1. The molecule has 0 bridgehead atoms. The zero-order chi connectivity index (χ0) is 11.5. The van der Waals surface area contributed by atoms with E-state index >= 15 is 0 Å². The van der Waals surface area contributed by atoms with Crippen molar-refractivity contribution in [3.05, 3.63) is 11.8 Å². The molecular formula is C11H16BrN3O. The molecule has 16 heavy (non-hydrogen) atoms. The van der Waals surface area contributed by atoms with Crippen LogP contribution in [0.3, 0.4) is 0 Å². The van der Waals surface area contributed by atoms with Crippen molar-refractivity contribution in [3.63, 3.8) is 0 Å². The number of hydrogen-bond donors (Lipinski definition) is 2. The van der Waals surface area contributed by atoms with Crippen LogP contribution < -0.4 is 11.1 Å². The molecule has 1 heterocycles. The molecule has 5 heteroatoms. The van der Waals surface area contributed by atoms with E-state index in [-0.39, 0.29) is 11.8 Å². The molecule has 0 spiro atoms. The molecule has 2 aliphatic rings. The van der Waals surface area contributed by atoms with Gasteiger partial charge in [-0.1, -0.05) is 15.9 Å². The summed E-state index contributed by atoms with van der Waals surface area (Å²) in [6.07, 6.45) is 5.92. The van der Waals surface area contributed by atoms with Crippen LogP contribution in [0.15, 0.2) is 16.8 Å². The summed E-state index contributed by atoms with van der Waals surface area (Å²) in [5.74, 6) is 0.373. The molecule has 0 aromatic heterocycles. The first kappa shape index (κ1) is 11.6. The summed E-state index contributed by atoms with van der Waals surface area (Å²) >= 11 is 3.56. The summed E-state index contributed by atoms with van der Waals surface area (Å²) in [6.45, 7) is 0.956. The summed E-state index contributed by atoms with van der Waals surface area (Å²) in [4.78, 5) is 15.6. The standard InChI is InChI=1S/C11H16BrN3O/c12-8-2-1-5-14-9(8)6-10(13)15-11(16)7-3-4-7/h6-8,14H,1-5H2,(H2,13,15,16)/b9-6-. The molecule has 0 aromatic rings. The molecule has 88 valence electrons. The number of nitrogens with two attached hydrogens (primary N) is 1. The number of carbonyl (C=O) groups excluding carboxylic acids is 1. The van der Waals surface area contributed by atoms with Crippen LogP contribution in [-0.4, -0.2) is 23.1 Å². The van der Waals surface area contributed by atoms with Gasteiger partial charge in [-0.25, -0.2) is 0 Å². The van der Waals surface area contributed by atoms with E-state index in [2.05, 4.69) is 26.2 Å². The highest BCUT2D eigenvalue weighted by Gasteiger charge is 2.29. The number of amidine groups is 1. The monoisotopic (exact) mass is 285 g/mol. The first-order chi connectivity index (χ1) is 7.66. The largest absolute Gasteiger partial charge is 0.387 e. The maximum atomic E-state index is 11.4. The van der Waals surface area contributed by atoms with E-state index in [4.69, 9.17) is 5.73 Å². The van der Waals surface area contributed by atoms with Gasteiger partial charge in [0.05, 0.1) is 4.83 Å². The van der Waals surface area contributed by atoms with E-state index in [1.807, 2.05) is 0 Å². The predicted octanol–water partition coefficient (Wildman–Crippen LogP) is 1.31. The minimum absolute atomic E-state index is 0.0729. The van der Waals surface area contributed by atoms with Crippen LogP contribution in [0.4, 0.5) is 0 Å². The molecular weight excluding hydrogens is 270 g/mol. The van der Waals surface area contributed by atoms with Crippen molar-refractivity contribution in [2.45, 2.75) is 30.5 Å². The van der Waals surface area contributed by atoms with Crippen molar-refractivity contribution >= 4 is 27.7 Å². The molecule has 3 N–H and O–H groups in total. The second-order valence-electron chi connectivity index (χ2n) is 4.29. The lowest BCUT2D eigenvalue weighted by Crippen LogP contribution is -2.29. The van der Waals surface area contributed by atoms with Crippen LogP contribution >= 0.6 is 15.9 Å². The van der Waals surface area contributed by atoms with Gasteiger partial charge in [0.15, 0.2) is 0 Å². The summed E-state index contributed by atoms with van der Waals surface area (Å²) in [6, 6.07) is 0. The van der Waals surface area contributed by atoms with Gasteiger partial charge >= 0.3 is 0 Å². The van der Waals surface area contributed by atoms with Crippen molar-refractivity contribution in [2.75, 3.05) is 6.54 Å². The molecule has 1 saturated heterocycles. The maximum Gasteiger partial charge on any atom is 0.250 e. The molecule has 1 unspecified atom stereocenters. The topological polar surface area (TPSA) is 67.5 Å². The van der Waals surface area contributed by atoms with Gasteiger partial charge in [-0.05, 0) is 25.7 Å². The second-order valence-corrected chi connectivity index (χ2v) is 5.39. The van der Waals surface area contributed by atoms with Gasteiger partial charge in [-0.2, -0.15) is 4.99 Å². The average molecular weight is 286 g/mol. The number of allylic oxidation sites excluding steroid dienone is 1. The van der Waals surface area contributed by atoms with Gasteiger partial charge in [0.1, 0.15) is 5.84 Å². The minimum atomic E-state index is -0.0729. The highest BCUT2D eigenvalue weighted by molar-refractivity contribution is 9.09. The van der Waals surface area contributed by atoms with Crippen molar-refractivity contribution in [2.24, 2.45) is 16.6 Å². The van der Waals surface area contributed by atoms with Gasteiger partial charge in [0.25, 0.3) is 5.91 Å². The quantitative estimate of drug-likeness (QED) is 0.457. The second kappa shape index (κ2) is 4.99. The molecule has 0 radical (unpaired) electrons. The van der Waals surface area contributed by atoms with Gasteiger partial charge in [0.2, 0.25) is 0 Å². The number of hydrogen-bond acceptors (Lipinski definition) is 2. The number of alkyl halides is 1. The van der Waals surface area contributed by atoms with Gasteiger partial charge in [-0.15, -0.1) is 0 Å². The van der Waals surface area contributed by atoms with Crippen LogP contribution in [0.25, 0.3) is 0 Å². The average Bonchev–Trinajstić information content (AvgIpc) is 3.04. The number of nitrogens with one attached hydrogen (secondary N) is 1. The molecule has 1 aliphatic carbocycles. The third kappa shape index (κ3) is 3.07. The van der Waals surface area contributed by atoms with Crippen molar-refractivity contribution < 1.29 is 4.79 Å². The molecule has 2 rings (SSSR count). The van der Waals surface area contributed by atoms with E-state index in [9.17, 15) is 4.79 Å². The molecule has 1 aliphatic heterocycles. The molecule has 4 nitrogen and oxygen atoms in total. The number of amides is 1. The molecule has 0 aromatic carbocycles. The van der Waals surface area contributed by atoms with E-state index in [1.54, 1.807) is 6.08 Å². The zero-order valence-electron chi connectivity index (χ0n) is 9.08. The summed E-state index contributed by atoms with van der Waals surface area (Å²) < 4.78 is 0. The lowest BCUT2D eigenvalue weighted by atomic mass is 10.1. The van der Waals surface area contributed by atoms with E-state index in [0.717, 1.165) is 37.9 Å². The summed E-state index contributed by atoms with van der Waals surface area (Å²) in [5, 5.41) is 3.26. The number of rotatable bonds is 2. The normalized spacial score (nSPS) is 28.9. The van der Waals surface area contributed by atoms with Crippen molar-refractivity contribution in [3.8, 4) is 0 Å². The zero-order valence-corrected chi connectivity index (χ0v) is 10.7. The van der Waals surface area contributed by atoms with Crippen LogP contribution in [-0.2, 0) is 4.79 Å².